The monoisotopic (exact) mass is 261 g/mol. The van der Waals surface area contributed by atoms with E-state index in [0.29, 0.717) is 11.6 Å². The van der Waals surface area contributed by atoms with E-state index in [2.05, 4.69) is 23.9 Å². The molecular formula is C13H18F3NO. The fraction of sp³-hybridized carbons (Fsp3) is 0.538. The second-order valence-corrected chi connectivity index (χ2v) is 4.70. The number of ether oxygens (including phenoxy) is 1. The smallest absolute Gasteiger partial charge is 0.387 e. The van der Waals surface area contributed by atoms with Crippen LogP contribution in [-0.4, -0.2) is 12.7 Å². The van der Waals surface area contributed by atoms with Crippen molar-refractivity contribution >= 4 is 5.69 Å². The van der Waals surface area contributed by atoms with E-state index in [1.807, 2.05) is 6.92 Å². The van der Waals surface area contributed by atoms with Gasteiger partial charge >= 0.3 is 6.61 Å². The van der Waals surface area contributed by atoms with E-state index in [1.54, 1.807) is 0 Å². The number of nitrogens with one attached hydrogen (secondary N) is 1. The first-order chi connectivity index (χ1) is 8.38. The summed E-state index contributed by atoms with van der Waals surface area (Å²) < 4.78 is 41.4. The minimum absolute atomic E-state index is 0.186. The Labute approximate surface area is 105 Å². The second kappa shape index (κ2) is 6.52. The minimum atomic E-state index is -3.02. The molecule has 0 fully saturated rings. The summed E-state index contributed by atoms with van der Waals surface area (Å²) in [7, 11) is 0. The fourth-order valence-electron chi connectivity index (χ4n) is 1.83. The van der Waals surface area contributed by atoms with Gasteiger partial charge in [-0.3, -0.25) is 0 Å². The lowest BCUT2D eigenvalue weighted by Crippen LogP contribution is -2.17. The molecule has 1 unspecified atom stereocenters. The van der Waals surface area contributed by atoms with Gasteiger partial charge in [0.2, 0.25) is 0 Å². The maximum atomic E-state index is 13.4. The Morgan fingerprint density at radius 3 is 2.39 bits per heavy atom. The molecule has 0 heterocycles. The molecule has 0 saturated carbocycles. The molecule has 0 aliphatic rings. The molecule has 0 aromatic heterocycles. The number of rotatable bonds is 6. The molecule has 0 bridgehead atoms. The summed E-state index contributed by atoms with van der Waals surface area (Å²) in [4.78, 5) is 0. The summed E-state index contributed by atoms with van der Waals surface area (Å²) in [5.74, 6) is -0.706. The van der Waals surface area contributed by atoms with Crippen molar-refractivity contribution in [2.24, 2.45) is 5.92 Å². The third kappa shape index (κ3) is 4.85. The van der Waals surface area contributed by atoms with Crippen LogP contribution >= 0.6 is 0 Å². The Kier molecular flexibility index (Phi) is 5.31. The molecule has 1 aromatic carbocycles. The maximum absolute atomic E-state index is 13.4. The van der Waals surface area contributed by atoms with Gasteiger partial charge < -0.3 is 10.1 Å². The van der Waals surface area contributed by atoms with Crippen molar-refractivity contribution in [3.8, 4) is 5.75 Å². The molecule has 1 aromatic rings. The van der Waals surface area contributed by atoms with Gasteiger partial charge in [0.05, 0.1) is 0 Å². The molecule has 1 atom stereocenters. The molecule has 0 saturated heterocycles. The summed E-state index contributed by atoms with van der Waals surface area (Å²) in [6.45, 7) is 3.16. The van der Waals surface area contributed by atoms with Crippen molar-refractivity contribution in [3.05, 3.63) is 24.0 Å². The molecular weight excluding hydrogens is 243 g/mol. The van der Waals surface area contributed by atoms with E-state index >= 15 is 0 Å². The highest BCUT2D eigenvalue weighted by molar-refractivity contribution is 5.47. The van der Waals surface area contributed by atoms with Crippen LogP contribution in [0.1, 0.15) is 27.2 Å². The van der Waals surface area contributed by atoms with Crippen LogP contribution in [0.4, 0.5) is 18.9 Å². The van der Waals surface area contributed by atoms with Gasteiger partial charge in [0.1, 0.15) is 0 Å². The van der Waals surface area contributed by atoms with Crippen molar-refractivity contribution in [1.82, 2.24) is 0 Å². The highest BCUT2D eigenvalue weighted by atomic mass is 19.3. The molecule has 0 radical (unpaired) electrons. The standard InChI is InChI=1S/C13H18F3NO/c1-8(2)6-9(3)17-10-4-5-12(11(14)7-10)18-13(15)16/h4-5,7-9,13,17H,6H2,1-3H3. The lowest BCUT2D eigenvalue weighted by Gasteiger charge is -2.17. The van der Waals surface area contributed by atoms with Gasteiger partial charge in [0.15, 0.2) is 11.6 Å². The van der Waals surface area contributed by atoms with Gasteiger partial charge in [-0.05, 0) is 31.4 Å². The first-order valence-corrected chi connectivity index (χ1v) is 5.89. The van der Waals surface area contributed by atoms with Gasteiger partial charge in [-0.2, -0.15) is 8.78 Å². The largest absolute Gasteiger partial charge is 0.432 e. The Morgan fingerprint density at radius 1 is 1.22 bits per heavy atom. The Balaban J connectivity index is 2.66. The van der Waals surface area contributed by atoms with Crippen LogP contribution < -0.4 is 10.1 Å². The van der Waals surface area contributed by atoms with Crippen molar-refractivity contribution in [2.45, 2.75) is 39.8 Å². The van der Waals surface area contributed by atoms with Crippen LogP contribution in [0.3, 0.4) is 0 Å². The average molecular weight is 261 g/mol. The molecule has 0 aliphatic carbocycles. The molecule has 18 heavy (non-hydrogen) atoms. The summed E-state index contributed by atoms with van der Waals surface area (Å²) in [5, 5.41) is 3.11. The minimum Gasteiger partial charge on any atom is -0.432 e. The number of hydrogen-bond donors (Lipinski definition) is 1. The van der Waals surface area contributed by atoms with Gasteiger partial charge in [0, 0.05) is 17.8 Å². The highest BCUT2D eigenvalue weighted by Gasteiger charge is 2.11. The number of hydrogen-bond acceptors (Lipinski definition) is 2. The summed E-state index contributed by atoms with van der Waals surface area (Å²) >= 11 is 0. The number of alkyl halides is 2. The molecule has 1 N–H and O–H groups in total. The molecule has 2 nitrogen and oxygen atoms in total. The topological polar surface area (TPSA) is 21.3 Å². The van der Waals surface area contributed by atoms with Crippen LogP contribution in [0.25, 0.3) is 0 Å². The van der Waals surface area contributed by atoms with E-state index in [1.165, 1.54) is 12.1 Å². The molecule has 0 aliphatic heterocycles. The first-order valence-electron chi connectivity index (χ1n) is 5.89. The van der Waals surface area contributed by atoms with Crippen LogP contribution in [0.2, 0.25) is 0 Å². The van der Waals surface area contributed by atoms with Gasteiger partial charge in [0.25, 0.3) is 0 Å². The predicted octanol–water partition coefficient (Wildman–Crippen LogP) is 4.27. The zero-order chi connectivity index (χ0) is 13.7. The molecule has 0 spiro atoms. The quantitative estimate of drug-likeness (QED) is 0.825. The van der Waals surface area contributed by atoms with Gasteiger partial charge in [-0.15, -0.1) is 0 Å². The SMILES string of the molecule is CC(C)CC(C)Nc1ccc(OC(F)F)c(F)c1. The van der Waals surface area contributed by atoms with Gasteiger partial charge in [-0.1, -0.05) is 13.8 Å². The van der Waals surface area contributed by atoms with E-state index in [4.69, 9.17) is 0 Å². The first kappa shape index (κ1) is 14.7. The zero-order valence-corrected chi connectivity index (χ0v) is 10.7. The molecule has 102 valence electrons. The number of anilines is 1. The third-order valence-electron chi connectivity index (χ3n) is 2.39. The fourth-order valence-corrected chi connectivity index (χ4v) is 1.83. The third-order valence-corrected chi connectivity index (χ3v) is 2.39. The number of halogens is 3. The average Bonchev–Trinajstić information content (AvgIpc) is 2.20. The summed E-state index contributed by atoms with van der Waals surface area (Å²) in [6, 6.07) is 4.07. The Morgan fingerprint density at radius 2 is 1.89 bits per heavy atom. The van der Waals surface area contributed by atoms with E-state index in [0.717, 1.165) is 12.5 Å². The van der Waals surface area contributed by atoms with Crippen molar-refractivity contribution in [3.63, 3.8) is 0 Å². The molecule has 1 rings (SSSR count). The normalized spacial score (nSPS) is 12.9. The Hall–Kier alpha value is -1.39. The summed E-state index contributed by atoms with van der Waals surface area (Å²) in [6.07, 6.45) is 0.941. The maximum Gasteiger partial charge on any atom is 0.387 e. The predicted molar refractivity (Wildman–Crippen MR) is 65.6 cm³/mol. The lowest BCUT2D eigenvalue weighted by atomic mass is 10.1. The molecule has 0 amide bonds. The van der Waals surface area contributed by atoms with Crippen molar-refractivity contribution < 1.29 is 17.9 Å². The van der Waals surface area contributed by atoms with Crippen LogP contribution in [0, 0.1) is 11.7 Å². The van der Waals surface area contributed by atoms with Crippen molar-refractivity contribution in [2.75, 3.05) is 5.32 Å². The molecule has 5 heteroatoms. The van der Waals surface area contributed by atoms with Crippen LogP contribution in [0.15, 0.2) is 18.2 Å². The number of benzene rings is 1. The van der Waals surface area contributed by atoms with Crippen molar-refractivity contribution in [1.29, 1.82) is 0 Å². The van der Waals surface area contributed by atoms with E-state index in [-0.39, 0.29) is 6.04 Å². The second-order valence-electron chi connectivity index (χ2n) is 4.70. The van der Waals surface area contributed by atoms with E-state index in [9.17, 15) is 13.2 Å². The highest BCUT2D eigenvalue weighted by Crippen LogP contribution is 2.23. The zero-order valence-electron chi connectivity index (χ0n) is 10.7. The van der Waals surface area contributed by atoms with Crippen LogP contribution in [0.5, 0.6) is 5.75 Å². The van der Waals surface area contributed by atoms with Crippen LogP contribution in [-0.2, 0) is 0 Å². The van der Waals surface area contributed by atoms with E-state index < -0.39 is 18.2 Å². The lowest BCUT2D eigenvalue weighted by molar-refractivity contribution is -0.0521. The summed E-state index contributed by atoms with van der Waals surface area (Å²) in [5.41, 5.74) is 0.558. The van der Waals surface area contributed by atoms with Gasteiger partial charge in [-0.25, -0.2) is 4.39 Å². The Bertz CT molecular complexity index is 382.